The lowest BCUT2D eigenvalue weighted by atomic mass is 10.1. The number of anilines is 1. The summed E-state index contributed by atoms with van der Waals surface area (Å²) in [6, 6.07) is 11.4. The van der Waals surface area contributed by atoms with Gasteiger partial charge in [0, 0.05) is 12.5 Å². The van der Waals surface area contributed by atoms with Gasteiger partial charge in [-0.3, -0.25) is 4.90 Å². The van der Waals surface area contributed by atoms with Gasteiger partial charge in [-0.2, -0.15) is 0 Å². The number of hydrogen-bond donors (Lipinski definition) is 1. The van der Waals surface area contributed by atoms with Crippen LogP contribution in [0.3, 0.4) is 0 Å². The molecule has 0 fully saturated rings. The van der Waals surface area contributed by atoms with Crippen molar-refractivity contribution >= 4 is 17.7 Å². The van der Waals surface area contributed by atoms with Crippen molar-refractivity contribution in [3.63, 3.8) is 0 Å². The molecule has 1 N–H and O–H groups in total. The van der Waals surface area contributed by atoms with Crippen LogP contribution in [0, 0.1) is 0 Å². The highest BCUT2D eigenvalue weighted by atomic mass is 16.6. The molecule has 2 aromatic rings. The number of rotatable bonds is 5. The van der Waals surface area contributed by atoms with Gasteiger partial charge in [0.05, 0.1) is 19.9 Å². The highest BCUT2D eigenvalue weighted by Crippen LogP contribution is 2.41. The van der Waals surface area contributed by atoms with Crippen LogP contribution in [0.2, 0.25) is 0 Å². The average Bonchev–Trinajstić information content (AvgIpc) is 3.04. The van der Waals surface area contributed by atoms with Crippen molar-refractivity contribution in [1.29, 1.82) is 0 Å². The summed E-state index contributed by atoms with van der Waals surface area (Å²) < 4.78 is 15.8. The number of carboxylic acid groups (broad SMARTS) is 1. The molecular weight excluding hydrogens is 338 g/mol. The minimum absolute atomic E-state index is 0.0607. The van der Waals surface area contributed by atoms with Crippen LogP contribution in [-0.2, 0) is 22.6 Å². The predicted molar refractivity (Wildman–Crippen MR) is 93.8 cm³/mol. The second-order valence-electron chi connectivity index (χ2n) is 5.80. The molecule has 1 amide bonds. The van der Waals surface area contributed by atoms with E-state index in [4.69, 9.17) is 14.2 Å². The van der Waals surface area contributed by atoms with Gasteiger partial charge in [0.1, 0.15) is 12.6 Å². The molecule has 0 saturated heterocycles. The van der Waals surface area contributed by atoms with E-state index in [1.807, 2.05) is 30.3 Å². The van der Waals surface area contributed by atoms with Crippen molar-refractivity contribution in [3.8, 4) is 11.5 Å². The summed E-state index contributed by atoms with van der Waals surface area (Å²) in [6.07, 6.45) is -0.543. The van der Waals surface area contributed by atoms with E-state index in [-0.39, 0.29) is 13.0 Å². The Balaban J connectivity index is 1.89. The van der Waals surface area contributed by atoms with Crippen molar-refractivity contribution in [3.05, 3.63) is 53.6 Å². The summed E-state index contributed by atoms with van der Waals surface area (Å²) in [7, 11) is 2.98. The fraction of sp³-hybridized carbons (Fsp3) is 0.263. The molecule has 0 saturated carbocycles. The first kappa shape index (κ1) is 17.6. The van der Waals surface area contributed by atoms with Crippen LogP contribution in [0.5, 0.6) is 11.5 Å². The molecule has 0 aromatic heterocycles. The maximum Gasteiger partial charge on any atom is 0.415 e. The molecule has 7 heteroatoms. The van der Waals surface area contributed by atoms with Crippen molar-refractivity contribution in [2.24, 2.45) is 0 Å². The van der Waals surface area contributed by atoms with E-state index >= 15 is 0 Å². The number of hydrogen-bond acceptors (Lipinski definition) is 5. The molecule has 3 rings (SSSR count). The Labute approximate surface area is 150 Å². The molecule has 0 radical (unpaired) electrons. The van der Waals surface area contributed by atoms with Crippen LogP contribution < -0.4 is 14.4 Å². The highest BCUT2D eigenvalue weighted by Gasteiger charge is 2.40. The van der Waals surface area contributed by atoms with Crippen molar-refractivity contribution in [1.82, 2.24) is 0 Å². The van der Waals surface area contributed by atoms with Crippen LogP contribution in [-0.4, -0.2) is 37.4 Å². The largest absolute Gasteiger partial charge is 0.493 e. The number of fused-ring (bicyclic) bond motifs is 1. The van der Waals surface area contributed by atoms with Crippen molar-refractivity contribution in [2.45, 2.75) is 19.1 Å². The normalized spacial score (nSPS) is 15.3. The fourth-order valence-electron chi connectivity index (χ4n) is 2.98. The van der Waals surface area contributed by atoms with Crippen molar-refractivity contribution < 1.29 is 28.9 Å². The molecule has 1 unspecified atom stereocenters. The van der Waals surface area contributed by atoms with Gasteiger partial charge in [0.2, 0.25) is 0 Å². The smallest absolute Gasteiger partial charge is 0.415 e. The molecule has 7 nitrogen and oxygen atoms in total. The number of carboxylic acids is 1. The van der Waals surface area contributed by atoms with Gasteiger partial charge in [0.25, 0.3) is 0 Å². The molecule has 1 atom stereocenters. The zero-order valence-corrected chi connectivity index (χ0v) is 14.5. The maximum atomic E-state index is 12.6. The number of nitrogens with zero attached hydrogens (tertiary/aromatic N) is 1. The Kier molecular flexibility index (Phi) is 4.97. The molecule has 0 aliphatic carbocycles. The average molecular weight is 357 g/mol. The van der Waals surface area contributed by atoms with E-state index in [0.29, 0.717) is 22.7 Å². The zero-order valence-electron chi connectivity index (χ0n) is 14.5. The monoisotopic (exact) mass is 357 g/mol. The Hall–Kier alpha value is -3.22. The topological polar surface area (TPSA) is 85.3 Å². The number of ether oxygens (including phenoxy) is 3. The summed E-state index contributed by atoms with van der Waals surface area (Å²) in [4.78, 5) is 25.4. The minimum Gasteiger partial charge on any atom is -0.493 e. The third kappa shape index (κ3) is 3.28. The number of methoxy groups -OCH3 is 2. The molecule has 1 aliphatic rings. The Morgan fingerprint density at radius 2 is 1.77 bits per heavy atom. The predicted octanol–water partition coefficient (Wildman–Crippen LogP) is 2.86. The number of benzene rings is 2. The summed E-state index contributed by atoms with van der Waals surface area (Å²) in [5, 5.41) is 9.53. The molecule has 26 heavy (non-hydrogen) atoms. The quantitative estimate of drug-likeness (QED) is 0.886. The third-order valence-corrected chi connectivity index (χ3v) is 4.26. The van der Waals surface area contributed by atoms with Gasteiger partial charge < -0.3 is 19.3 Å². The van der Waals surface area contributed by atoms with Gasteiger partial charge >= 0.3 is 12.1 Å². The van der Waals surface area contributed by atoms with Gasteiger partial charge in [-0.25, -0.2) is 9.59 Å². The van der Waals surface area contributed by atoms with Gasteiger partial charge in [-0.1, -0.05) is 30.3 Å². The molecule has 1 heterocycles. The van der Waals surface area contributed by atoms with Gasteiger partial charge in [-0.15, -0.1) is 0 Å². The lowest BCUT2D eigenvalue weighted by molar-refractivity contribution is -0.138. The first-order valence-electron chi connectivity index (χ1n) is 8.02. The van der Waals surface area contributed by atoms with E-state index < -0.39 is 18.1 Å². The lowest BCUT2D eigenvalue weighted by Crippen LogP contribution is -2.43. The van der Waals surface area contributed by atoms with E-state index in [1.54, 1.807) is 12.1 Å². The lowest BCUT2D eigenvalue weighted by Gasteiger charge is -2.22. The van der Waals surface area contributed by atoms with Crippen LogP contribution in [0.1, 0.15) is 11.1 Å². The van der Waals surface area contributed by atoms with Crippen molar-refractivity contribution in [2.75, 3.05) is 19.1 Å². The minimum atomic E-state index is -1.10. The van der Waals surface area contributed by atoms with Crippen LogP contribution in [0.4, 0.5) is 10.5 Å². The van der Waals surface area contributed by atoms with Crippen LogP contribution in [0.25, 0.3) is 0 Å². The standard InChI is InChI=1S/C19H19NO6/c1-24-16-9-13-8-15(18(21)22)20(14(13)10-17(16)25-2)19(23)26-11-12-6-4-3-5-7-12/h3-7,9-10,15H,8,11H2,1-2H3,(H,21,22). The second kappa shape index (κ2) is 7.35. The van der Waals surface area contributed by atoms with E-state index in [1.165, 1.54) is 14.2 Å². The third-order valence-electron chi connectivity index (χ3n) is 4.26. The molecule has 0 spiro atoms. The first-order chi connectivity index (χ1) is 12.5. The fourth-order valence-corrected chi connectivity index (χ4v) is 2.98. The molecule has 1 aliphatic heterocycles. The van der Waals surface area contributed by atoms with E-state index in [2.05, 4.69) is 0 Å². The molecular formula is C19H19NO6. The van der Waals surface area contributed by atoms with E-state index in [9.17, 15) is 14.7 Å². The second-order valence-corrected chi connectivity index (χ2v) is 5.80. The Bertz CT molecular complexity index is 820. The van der Waals surface area contributed by atoms with Crippen LogP contribution in [0.15, 0.2) is 42.5 Å². The summed E-state index contributed by atoms with van der Waals surface area (Å²) in [5.41, 5.74) is 1.96. The molecule has 136 valence electrons. The van der Waals surface area contributed by atoms with Crippen LogP contribution >= 0.6 is 0 Å². The summed E-state index contributed by atoms with van der Waals surface area (Å²) in [6.45, 7) is 0.0607. The Morgan fingerprint density at radius 3 is 2.38 bits per heavy atom. The SMILES string of the molecule is COc1cc2c(cc1OC)N(C(=O)OCc1ccccc1)C(C(=O)O)C2. The van der Waals surface area contributed by atoms with E-state index in [0.717, 1.165) is 10.5 Å². The Morgan fingerprint density at radius 1 is 1.12 bits per heavy atom. The number of carbonyl (C=O) groups is 2. The molecule has 2 aromatic carbocycles. The highest BCUT2D eigenvalue weighted by molar-refractivity contribution is 5.99. The maximum absolute atomic E-state index is 12.6. The van der Waals surface area contributed by atoms with Gasteiger partial charge in [-0.05, 0) is 17.2 Å². The molecule has 0 bridgehead atoms. The summed E-state index contributed by atoms with van der Waals surface area (Å²) in [5.74, 6) is -0.205. The number of aliphatic carboxylic acids is 1. The summed E-state index contributed by atoms with van der Waals surface area (Å²) >= 11 is 0. The first-order valence-corrected chi connectivity index (χ1v) is 8.02. The zero-order chi connectivity index (χ0) is 18.7. The van der Waals surface area contributed by atoms with Gasteiger partial charge in [0.15, 0.2) is 11.5 Å². The number of amides is 1. The number of carbonyl (C=O) groups excluding carboxylic acids is 1.